The van der Waals surface area contributed by atoms with Gasteiger partial charge in [0.1, 0.15) is 0 Å². The van der Waals surface area contributed by atoms with Crippen molar-refractivity contribution < 1.29 is 4.79 Å². The molecule has 1 fully saturated rings. The highest BCUT2D eigenvalue weighted by molar-refractivity contribution is 5.78. The maximum Gasteiger partial charge on any atom is 0.224 e. The van der Waals surface area contributed by atoms with Gasteiger partial charge in [0.05, 0.1) is 5.92 Å². The molecule has 0 aromatic heterocycles. The quantitative estimate of drug-likeness (QED) is 0.708. The van der Waals surface area contributed by atoms with Crippen molar-refractivity contribution in [2.24, 2.45) is 11.8 Å². The molecule has 1 atom stereocenters. The van der Waals surface area contributed by atoms with E-state index in [4.69, 9.17) is 0 Å². The van der Waals surface area contributed by atoms with Gasteiger partial charge in [0.25, 0.3) is 0 Å². The number of rotatable bonds is 7. The van der Waals surface area contributed by atoms with Crippen LogP contribution < -0.4 is 5.32 Å². The van der Waals surface area contributed by atoms with Crippen LogP contribution in [0.1, 0.15) is 52.9 Å². The Morgan fingerprint density at radius 1 is 1.44 bits per heavy atom. The minimum Gasteiger partial charge on any atom is -0.356 e. The molecule has 0 aromatic rings. The maximum atomic E-state index is 12.0. The molecule has 1 rings (SSSR count). The fraction of sp³-hybridized carbons (Fsp3) is 0.933. The summed E-state index contributed by atoms with van der Waals surface area (Å²) in [6, 6.07) is 0. The summed E-state index contributed by atoms with van der Waals surface area (Å²) < 4.78 is 0. The minimum absolute atomic E-state index is 0.225. The number of nitrogens with zero attached hydrogens (tertiary/aromatic N) is 1. The van der Waals surface area contributed by atoms with E-state index >= 15 is 0 Å². The summed E-state index contributed by atoms with van der Waals surface area (Å²) in [5, 5.41) is 3.07. The molecule has 1 aliphatic rings. The lowest BCUT2D eigenvalue weighted by atomic mass is 9.96. The Morgan fingerprint density at radius 3 is 2.89 bits per heavy atom. The van der Waals surface area contributed by atoms with Crippen LogP contribution in [0.15, 0.2) is 0 Å². The van der Waals surface area contributed by atoms with Crippen molar-refractivity contribution >= 4 is 5.91 Å². The first kappa shape index (κ1) is 15.5. The fourth-order valence-corrected chi connectivity index (χ4v) is 2.45. The molecule has 3 heteroatoms. The van der Waals surface area contributed by atoms with Gasteiger partial charge < -0.3 is 10.2 Å². The van der Waals surface area contributed by atoms with Gasteiger partial charge in [-0.1, -0.05) is 27.2 Å². The number of amides is 1. The van der Waals surface area contributed by atoms with Crippen LogP contribution in [0.25, 0.3) is 0 Å². The van der Waals surface area contributed by atoms with Crippen molar-refractivity contribution in [1.29, 1.82) is 0 Å². The average molecular weight is 254 g/mol. The number of likely N-dealkylation sites (tertiary alicyclic amines) is 1. The van der Waals surface area contributed by atoms with Crippen LogP contribution in [0, 0.1) is 11.8 Å². The Bertz CT molecular complexity index is 241. The monoisotopic (exact) mass is 254 g/mol. The van der Waals surface area contributed by atoms with Crippen molar-refractivity contribution in [3.05, 3.63) is 0 Å². The van der Waals surface area contributed by atoms with Crippen LogP contribution in [0.3, 0.4) is 0 Å². The zero-order valence-corrected chi connectivity index (χ0v) is 12.4. The normalized spacial score (nSPS) is 21.2. The Morgan fingerprint density at radius 2 is 2.22 bits per heavy atom. The van der Waals surface area contributed by atoms with Gasteiger partial charge in [0.15, 0.2) is 0 Å². The topological polar surface area (TPSA) is 32.3 Å². The molecule has 1 unspecified atom stereocenters. The van der Waals surface area contributed by atoms with Crippen LogP contribution in [-0.4, -0.2) is 37.0 Å². The Labute approximate surface area is 112 Å². The molecular weight excluding hydrogens is 224 g/mol. The first-order chi connectivity index (χ1) is 8.63. The van der Waals surface area contributed by atoms with E-state index in [0.29, 0.717) is 0 Å². The second-order valence-electron chi connectivity index (χ2n) is 5.97. The van der Waals surface area contributed by atoms with Crippen LogP contribution in [-0.2, 0) is 4.79 Å². The summed E-state index contributed by atoms with van der Waals surface area (Å²) in [5.74, 6) is 1.25. The van der Waals surface area contributed by atoms with E-state index < -0.39 is 0 Å². The van der Waals surface area contributed by atoms with E-state index in [1.807, 2.05) is 0 Å². The van der Waals surface area contributed by atoms with Gasteiger partial charge in [-0.05, 0) is 44.7 Å². The molecule has 18 heavy (non-hydrogen) atoms. The SMILES string of the molecule is CCCCNC(=O)C1CCCN(CCC(C)C)C1. The van der Waals surface area contributed by atoms with Gasteiger partial charge in [0.2, 0.25) is 5.91 Å². The van der Waals surface area contributed by atoms with Crippen LogP contribution in [0.4, 0.5) is 0 Å². The van der Waals surface area contributed by atoms with E-state index in [9.17, 15) is 4.79 Å². The van der Waals surface area contributed by atoms with Crippen molar-refractivity contribution in [2.45, 2.75) is 52.9 Å². The van der Waals surface area contributed by atoms with Gasteiger partial charge in [-0.3, -0.25) is 4.79 Å². The van der Waals surface area contributed by atoms with Gasteiger partial charge in [-0.25, -0.2) is 0 Å². The molecule has 1 heterocycles. The van der Waals surface area contributed by atoms with E-state index in [0.717, 1.165) is 44.8 Å². The lowest BCUT2D eigenvalue weighted by Crippen LogP contribution is -2.43. The number of hydrogen-bond donors (Lipinski definition) is 1. The van der Waals surface area contributed by atoms with Gasteiger partial charge >= 0.3 is 0 Å². The molecule has 1 amide bonds. The van der Waals surface area contributed by atoms with E-state index in [2.05, 4.69) is 31.0 Å². The van der Waals surface area contributed by atoms with Gasteiger partial charge in [0, 0.05) is 13.1 Å². The molecule has 1 saturated heterocycles. The molecule has 0 aromatic carbocycles. The van der Waals surface area contributed by atoms with Gasteiger partial charge in [-0.15, -0.1) is 0 Å². The smallest absolute Gasteiger partial charge is 0.224 e. The molecule has 0 spiro atoms. The predicted molar refractivity (Wildman–Crippen MR) is 76.5 cm³/mol. The molecule has 0 aliphatic carbocycles. The largest absolute Gasteiger partial charge is 0.356 e. The van der Waals surface area contributed by atoms with Crippen molar-refractivity contribution in [3.63, 3.8) is 0 Å². The first-order valence-electron chi connectivity index (χ1n) is 7.63. The first-order valence-corrected chi connectivity index (χ1v) is 7.63. The molecule has 0 bridgehead atoms. The highest BCUT2D eigenvalue weighted by atomic mass is 16.1. The van der Waals surface area contributed by atoms with E-state index in [1.54, 1.807) is 0 Å². The van der Waals surface area contributed by atoms with Crippen LogP contribution in [0.5, 0.6) is 0 Å². The fourth-order valence-electron chi connectivity index (χ4n) is 2.45. The summed E-state index contributed by atoms with van der Waals surface area (Å²) in [5.41, 5.74) is 0. The minimum atomic E-state index is 0.225. The Kier molecular flexibility index (Phi) is 7.33. The molecule has 0 saturated carbocycles. The maximum absolute atomic E-state index is 12.0. The van der Waals surface area contributed by atoms with Crippen molar-refractivity contribution in [3.8, 4) is 0 Å². The number of piperidine rings is 1. The summed E-state index contributed by atoms with van der Waals surface area (Å²) in [6.07, 6.45) is 5.71. The molecular formula is C15H30N2O. The summed E-state index contributed by atoms with van der Waals surface area (Å²) >= 11 is 0. The molecule has 1 N–H and O–H groups in total. The third-order valence-electron chi connectivity index (χ3n) is 3.73. The number of nitrogens with one attached hydrogen (secondary N) is 1. The molecule has 3 nitrogen and oxygen atoms in total. The Hall–Kier alpha value is -0.570. The lowest BCUT2D eigenvalue weighted by Gasteiger charge is -2.32. The van der Waals surface area contributed by atoms with Crippen LogP contribution >= 0.6 is 0 Å². The zero-order chi connectivity index (χ0) is 13.4. The van der Waals surface area contributed by atoms with Crippen molar-refractivity contribution in [2.75, 3.05) is 26.2 Å². The Balaban J connectivity index is 2.26. The van der Waals surface area contributed by atoms with Crippen molar-refractivity contribution in [1.82, 2.24) is 10.2 Å². The number of carbonyl (C=O) groups is 1. The molecule has 1 aliphatic heterocycles. The van der Waals surface area contributed by atoms with Gasteiger partial charge in [-0.2, -0.15) is 0 Å². The number of hydrogen-bond acceptors (Lipinski definition) is 2. The average Bonchev–Trinajstić information content (AvgIpc) is 2.37. The van der Waals surface area contributed by atoms with E-state index in [-0.39, 0.29) is 11.8 Å². The standard InChI is InChI=1S/C15H30N2O/c1-4-5-9-16-15(18)14-7-6-10-17(12-14)11-8-13(2)3/h13-14H,4-12H2,1-3H3,(H,16,18). The number of unbranched alkanes of at least 4 members (excludes halogenated alkanes) is 1. The molecule has 0 radical (unpaired) electrons. The zero-order valence-electron chi connectivity index (χ0n) is 12.4. The highest BCUT2D eigenvalue weighted by Gasteiger charge is 2.25. The summed E-state index contributed by atoms with van der Waals surface area (Å²) in [7, 11) is 0. The second-order valence-corrected chi connectivity index (χ2v) is 5.97. The third kappa shape index (κ3) is 5.85. The van der Waals surface area contributed by atoms with E-state index in [1.165, 1.54) is 19.4 Å². The third-order valence-corrected chi connectivity index (χ3v) is 3.73. The summed E-state index contributed by atoms with van der Waals surface area (Å²) in [4.78, 5) is 14.5. The molecule has 106 valence electrons. The lowest BCUT2D eigenvalue weighted by molar-refractivity contribution is -0.126. The second kappa shape index (κ2) is 8.52. The number of carbonyl (C=O) groups excluding carboxylic acids is 1. The predicted octanol–water partition coefficient (Wildman–Crippen LogP) is 2.66. The summed E-state index contributed by atoms with van der Waals surface area (Å²) in [6.45, 7) is 10.8. The highest BCUT2D eigenvalue weighted by Crippen LogP contribution is 2.17. The van der Waals surface area contributed by atoms with Crippen LogP contribution in [0.2, 0.25) is 0 Å².